The van der Waals surface area contributed by atoms with E-state index in [4.69, 9.17) is 11.6 Å². The minimum Gasteiger partial charge on any atom is -0.352 e. The number of aromatic nitrogens is 2. The normalized spacial score (nSPS) is 10.4. The van der Waals surface area contributed by atoms with Gasteiger partial charge in [-0.1, -0.05) is 0 Å². The third kappa shape index (κ3) is 4.30. The van der Waals surface area contributed by atoms with Gasteiger partial charge in [0.2, 0.25) is 17.0 Å². The quantitative estimate of drug-likeness (QED) is 0.484. The van der Waals surface area contributed by atoms with Crippen LogP contribution in [0.2, 0.25) is 5.28 Å². The lowest BCUT2D eigenvalue weighted by atomic mass is 10.3. The smallest absolute Gasteiger partial charge is 0.329 e. The van der Waals surface area contributed by atoms with Crippen molar-refractivity contribution in [1.82, 2.24) is 15.3 Å². The van der Waals surface area contributed by atoms with Gasteiger partial charge in [0.25, 0.3) is 0 Å². The fourth-order valence-electron chi connectivity index (χ4n) is 1.58. The van der Waals surface area contributed by atoms with Gasteiger partial charge >= 0.3 is 5.69 Å². The minimum absolute atomic E-state index is 0.00909. The van der Waals surface area contributed by atoms with Gasteiger partial charge in [-0.3, -0.25) is 14.9 Å². The molecule has 0 aromatic carbocycles. The zero-order valence-electron chi connectivity index (χ0n) is 11.5. The number of carbonyl (C=O) groups excluding carboxylic acids is 1. The van der Waals surface area contributed by atoms with Gasteiger partial charge in [-0.2, -0.15) is 4.98 Å². The van der Waals surface area contributed by atoms with Crippen LogP contribution < -0.4 is 10.2 Å². The molecule has 0 aliphatic carbocycles. The molecule has 0 spiro atoms. The first-order valence-electron chi connectivity index (χ1n) is 6.06. The van der Waals surface area contributed by atoms with E-state index in [1.165, 1.54) is 4.90 Å². The van der Waals surface area contributed by atoms with Crippen LogP contribution in [0.25, 0.3) is 0 Å². The lowest BCUT2D eigenvalue weighted by molar-refractivity contribution is -0.384. The van der Waals surface area contributed by atoms with Gasteiger partial charge in [0, 0.05) is 12.6 Å². The Bertz CT molecular complexity index is 509. The average molecular weight is 302 g/mol. The summed E-state index contributed by atoms with van der Waals surface area (Å²) in [4.78, 5) is 31.1. The number of likely N-dealkylation sites (N-methyl/N-ethyl adjacent to an activating group) is 1. The molecule has 0 saturated heterocycles. The first-order chi connectivity index (χ1) is 9.35. The van der Waals surface area contributed by atoms with Crippen LogP contribution in [0.4, 0.5) is 11.5 Å². The molecule has 0 aliphatic heterocycles. The van der Waals surface area contributed by atoms with Crippen LogP contribution in [0.15, 0.2) is 6.20 Å². The SMILES string of the molecule is CCN(CC(=O)NC(C)C)c1nc(Cl)ncc1[N+](=O)[O-]. The molecule has 1 aromatic rings. The molecule has 1 N–H and O–H groups in total. The number of halogens is 1. The van der Waals surface area contributed by atoms with E-state index in [1.807, 2.05) is 13.8 Å². The molecule has 0 fully saturated rings. The van der Waals surface area contributed by atoms with Gasteiger partial charge in [0.15, 0.2) is 0 Å². The Morgan fingerprint density at radius 3 is 2.75 bits per heavy atom. The van der Waals surface area contributed by atoms with Crippen molar-refractivity contribution in [3.63, 3.8) is 0 Å². The van der Waals surface area contributed by atoms with Gasteiger partial charge in [0.1, 0.15) is 6.20 Å². The van der Waals surface area contributed by atoms with E-state index < -0.39 is 4.92 Å². The lowest BCUT2D eigenvalue weighted by Crippen LogP contribution is -2.40. The van der Waals surface area contributed by atoms with Crippen LogP contribution in [0, 0.1) is 10.1 Å². The number of hydrogen-bond donors (Lipinski definition) is 1. The minimum atomic E-state index is -0.603. The fraction of sp³-hybridized carbons (Fsp3) is 0.545. The Kier molecular flexibility index (Phi) is 5.63. The predicted molar refractivity (Wildman–Crippen MR) is 74.9 cm³/mol. The highest BCUT2D eigenvalue weighted by Crippen LogP contribution is 2.25. The van der Waals surface area contributed by atoms with Crippen LogP contribution in [0.3, 0.4) is 0 Å². The first kappa shape index (κ1) is 16.1. The maximum absolute atomic E-state index is 11.8. The van der Waals surface area contributed by atoms with Crippen molar-refractivity contribution in [2.75, 3.05) is 18.0 Å². The fourth-order valence-corrected chi connectivity index (χ4v) is 1.71. The molecule has 0 radical (unpaired) electrons. The van der Waals surface area contributed by atoms with Crippen molar-refractivity contribution >= 4 is 29.0 Å². The summed E-state index contributed by atoms with van der Waals surface area (Å²) < 4.78 is 0. The maximum Gasteiger partial charge on any atom is 0.329 e. The highest BCUT2D eigenvalue weighted by atomic mass is 35.5. The molecule has 0 unspecified atom stereocenters. The highest BCUT2D eigenvalue weighted by Gasteiger charge is 2.23. The van der Waals surface area contributed by atoms with Gasteiger partial charge in [-0.25, -0.2) is 4.98 Å². The zero-order chi connectivity index (χ0) is 15.3. The molecule has 1 aromatic heterocycles. The molecule has 0 aliphatic rings. The van der Waals surface area contributed by atoms with Gasteiger partial charge < -0.3 is 10.2 Å². The van der Waals surface area contributed by atoms with E-state index in [1.54, 1.807) is 6.92 Å². The highest BCUT2D eigenvalue weighted by molar-refractivity contribution is 6.28. The standard InChI is InChI=1S/C11H16ClN5O3/c1-4-16(6-9(18)14-7(2)3)10-8(17(19)20)5-13-11(12)15-10/h5,7H,4,6H2,1-3H3,(H,14,18). The number of hydrogen-bond acceptors (Lipinski definition) is 6. The summed E-state index contributed by atoms with van der Waals surface area (Å²) in [6.45, 7) is 5.77. The number of rotatable bonds is 6. The van der Waals surface area contributed by atoms with E-state index in [2.05, 4.69) is 15.3 Å². The van der Waals surface area contributed by atoms with Gasteiger partial charge in [0.05, 0.1) is 11.5 Å². The summed E-state index contributed by atoms with van der Waals surface area (Å²) in [6, 6.07) is -0.00909. The molecule has 1 amide bonds. The van der Waals surface area contributed by atoms with Crippen molar-refractivity contribution in [1.29, 1.82) is 0 Å². The summed E-state index contributed by atoms with van der Waals surface area (Å²) >= 11 is 5.67. The summed E-state index contributed by atoms with van der Waals surface area (Å²) in [5.74, 6) is -0.206. The Balaban J connectivity index is 3.02. The van der Waals surface area contributed by atoms with Crippen LogP contribution in [0.5, 0.6) is 0 Å². The molecule has 20 heavy (non-hydrogen) atoms. The largest absolute Gasteiger partial charge is 0.352 e. The number of nitro groups is 1. The molecule has 0 bridgehead atoms. The number of anilines is 1. The third-order valence-electron chi connectivity index (χ3n) is 2.38. The third-order valence-corrected chi connectivity index (χ3v) is 2.56. The number of nitrogens with zero attached hydrogens (tertiary/aromatic N) is 4. The van der Waals surface area contributed by atoms with Crippen LogP contribution in [0.1, 0.15) is 20.8 Å². The Hall–Kier alpha value is -1.96. The molecule has 0 saturated carbocycles. The van der Waals surface area contributed by atoms with Crippen molar-refractivity contribution in [3.05, 3.63) is 21.6 Å². The van der Waals surface area contributed by atoms with Crippen molar-refractivity contribution in [2.45, 2.75) is 26.8 Å². The average Bonchev–Trinajstić information content (AvgIpc) is 2.34. The second-order valence-electron chi connectivity index (χ2n) is 4.34. The second-order valence-corrected chi connectivity index (χ2v) is 4.68. The van der Waals surface area contributed by atoms with Crippen LogP contribution in [-0.2, 0) is 4.79 Å². The van der Waals surface area contributed by atoms with Crippen molar-refractivity contribution < 1.29 is 9.72 Å². The lowest BCUT2D eigenvalue weighted by Gasteiger charge is -2.21. The molecular weight excluding hydrogens is 286 g/mol. The molecule has 8 nitrogen and oxygen atoms in total. The number of amides is 1. The van der Waals surface area contributed by atoms with Crippen molar-refractivity contribution in [3.8, 4) is 0 Å². The van der Waals surface area contributed by atoms with E-state index in [-0.39, 0.29) is 35.3 Å². The van der Waals surface area contributed by atoms with Gasteiger partial charge in [-0.15, -0.1) is 0 Å². The Labute approximate surface area is 121 Å². The Morgan fingerprint density at radius 1 is 1.60 bits per heavy atom. The summed E-state index contributed by atoms with van der Waals surface area (Å²) in [6.07, 6.45) is 1.04. The van der Waals surface area contributed by atoms with E-state index in [9.17, 15) is 14.9 Å². The molecule has 1 heterocycles. The summed E-state index contributed by atoms with van der Waals surface area (Å²) in [7, 11) is 0. The summed E-state index contributed by atoms with van der Waals surface area (Å²) in [5.41, 5.74) is -0.284. The second kappa shape index (κ2) is 6.99. The van der Waals surface area contributed by atoms with Crippen molar-refractivity contribution in [2.24, 2.45) is 0 Å². The molecule has 110 valence electrons. The van der Waals surface area contributed by atoms with E-state index in [0.717, 1.165) is 6.20 Å². The van der Waals surface area contributed by atoms with Gasteiger partial charge in [-0.05, 0) is 32.4 Å². The Morgan fingerprint density at radius 2 is 2.25 bits per heavy atom. The molecule has 0 atom stereocenters. The maximum atomic E-state index is 11.8. The number of carbonyl (C=O) groups is 1. The van der Waals surface area contributed by atoms with E-state index >= 15 is 0 Å². The van der Waals surface area contributed by atoms with Crippen LogP contribution in [-0.4, -0.2) is 39.9 Å². The molecule has 9 heteroatoms. The van der Waals surface area contributed by atoms with E-state index in [0.29, 0.717) is 6.54 Å². The molecule has 1 rings (SSSR count). The topological polar surface area (TPSA) is 101 Å². The van der Waals surface area contributed by atoms with Crippen LogP contribution >= 0.6 is 11.6 Å². The summed E-state index contributed by atoms with van der Waals surface area (Å²) in [5, 5.41) is 13.6. The number of nitrogens with one attached hydrogen (secondary N) is 1. The predicted octanol–water partition coefficient (Wildman–Crippen LogP) is 1.39. The zero-order valence-corrected chi connectivity index (χ0v) is 12.2. The molecular formula is C11H16ClN5O3. The first-order valence-corrected chi connectivity index (χ1v) is 6.44. The monoisotopic (exact) mass is 301 g/mol.